The second-order valence-corrected chi connectivity index (χ2v) is 18.0. The molecule has 1 atom stereocenters. The Morgan fingerprint density at radius 2 is 1.20 bits per heavy atom. The molecule has 0 saturated carbocycles. The molecular weight excluding hydrogens is 836 g/mol. The minimum absolute atomic E-state index is 0. The summed E-state index contributed by atoms with van der Waals surface area (Å²) >= 11 is 0. The average molecular weight is 886 g/mol. The van der Waals surface area contributed by atoms with Gasteiger partial charge in [-0.05, 0) is 69.5 Å². The van der Waals surface area contributed by atoms with Crippen LogP contribution in [0.5, 0.6) is 0 Å². The van der Waals surface area contributed by atoms with Crippen LogP contribution in [0.1, 0.15) is 113 Å². The first-order chi connectivity index (χ1) is 25.1. The Kier molecular flexibility index (Phi) is 9.85. The van der Waals surface area contributed by atoms with Gasteiger partial charge < -0.3 is 9.80 Å². The van der Waals surface area contributed by atoms with E-state index in [-0.39, 0.29) is 43.2 Å². The van der Waals surface area contributed by atoms with Gasteiger partial charge in [0.1, 0.15) is 0 Å². The number of para-hydroxylation sites is 2. The van der Waals surface area contributed by atoms with Gasteiger partial charge in [0, 0.05) is 17.1 Å². The number of anilines is 4. The summed E-state index contributed by atoms with van der Waals surface area (Å²) in [5, 5.41) is 0. The fourth-order valence-corrected chi connectivity index (χ4v) is 7.79. The maximum Gasteiger partial charge on any atom is 4.00 e. The Bertz CT molecular complexity index is 2300. The molecule has 8 rings (SSSR count). The molecule has 2 nitrogen and oxygen atoms in total. The molecule has 0 fully saturated rings. The van der Waals surface area contributed by atoms with E-state index in [1.807, 2.05) is 0 Å². The number of fused-ring (bicyclic) bond motifs is 4. The Hall–Kier alpha value is -4.39. The van der Waals surface area contributed by atoms with Crippen LogP contribution in [0, 0.1) is 24.9 Å². The molecule has 0 bridgehead atoms. The number of rotatable bonds is 5. The van der Waals surface area contributed by atoms with Crippen LogP contribution in [0.4, 0.5) is 22.7 Å². The molecule has 0 saturated heterocycles. The third kappa shape index (κ3) is 7.11. The van der Waals surface area contributed by atoms with Gasteiger partial charge in [-0.1, -0.05) is 110 Å². The van der Waals surface area contributed by atoms with Crippen LogP contribution in [0.3, 0.4) is 0 Å². The first-order valence-electron chi connectivity index (χ1n) is 19.0. The van der Waals surface area contributed by atoms with Gasteiger partial charge in [0.2, 0.25) is 0 Å². The molecule has 0 spiro atoms. The Morgan fingerprint density at radius 3 is 1.89 bits per heavy atom. The molecule has 1 heterocycles. The fourth-order valence-electron chi connectivity index (χ4n) is 7.79. The van der Waals surface area contributed by atoms with Crippen molar-refractivity contribution in [2.75, 3.05) is 9.80 Å². The molecule has 0 aromatic heterocycles. The maximum atomic E-state index is 3.93. The molecule has 6 aromatic rings. The van der Waals surface area contributed by atoms with E-state index < -0.39 is 0 Å². The molecule has 3 heteroatoms. The van der Waals surface area contributed by atoms with Crippen molar-refractivity contribution in [1.29, 1.82) is 0 Å². The van der Waals surface area contributed by atoms with E-state index in [0.717, 1.165) is 23.4 Å². The maximum absolute atomic E-state index is 3.93. The predicted molar refractivity (Wildman–Crippen MR) is 223 cm³/mol. The van der Waals surface area contributed by atoms with Gasteiger partial charge in [0.05, 0.1) is 0 Å². The van der Waals surface area contributed by atoms with Crippen molar-refractivity contribution in [2.24, 2.45) is 0 Å². The normalized spacial score (nSPS) is 15.1. The van der Waals surface area contributed by atoms with Gasteiger partial charge in [-0.2, -0.15) is 89.0 Å². The molecular formula is C51H50N2Pt. The molecule has 0 N–H and O–H groups in total. The smallest absolute Gasteiger partial charge is 0.493 e. The number of benzene rings is 6. The number of nitrogens with zero attached hydrogens (tertiary/aromatic N) is 2. The van der Waals surface area contributed by atoms with Gasteiger partial charge in [0.25, 0.3) is 0 Å². The SMILES string of the molecule is CC(C)(C)c1cc[c-]c(C2c3[c-]c(Cc4[c-]c(N5[CH-]N(c6cc(C(C)(C)C)cc(C(C)(C)C)c6)c6ccccc65)ccc4)ccc3-c3ccccc32)c1.[Pt+4]. The zero-order valence-electron chi connectivity index (χ0n) is 33.0. The molecule has 54 heavy (non-hydrogen) atoms. The van der Waals surface area contributed by atoms with E-state index in [0.29, 0.717) is 0 Å². The van der Waals surface area contributed by atoms with E-state index in [1.165, 1.54) is 61.4 Å². The number of hydrogen-bond donors (Lipinski definition) is 0. The van der Waals surface area contributed by atoms with Crippen molar-refractivity contribution in [3.05, 3.63) is 185 Å². The quantitative estimate of drug-likeness (QED) is 0.159. The number of hydrogen-bond acceptors (Lipinski definition) is 2. The van der Waals surface area contributed by atoms with Crippen molar-refractivity contribution in [2.45, 2.75) is 90.9 Å². The van der Waals surface area contributed by atoms with Crippen molar-refractivity contribution in [1.82, 2.24) is 0 Å². The molecule has 0 radical (unpaired) electrons. The summed E-state index contributed by atoms with van der Waals surface area (Å²) < 4.78 is 0. The van der Waals surface area contributed by atoms with Crippen LogP contribution in [0.25, 0.3) is 11.1 Å². The first kappa shape index (κ1) is 37.9. The molecule has 1 aliphatic carbocycles. The van der Waals surface area contributed by atoms with Crippen molar-refractivity contribution in [3.63, 3.8) is 0 Å². The monoisotopic (exact) mass is 885 g/mol. The van der Waals surface area contributed by atoms with Gasteiger partial charge in [-0.25, -0.2) is 0 Å². The van der Waals surface area contributed by atoms with Crippen LogP contribution in [0.2, 0.25) is 0 Å². The van der Waals surface area contributed by atoms with Crippen molar-refractivity contribution in [3.8, 4) is 11.1 Å². The minimum Gasteiger partial charge on any atom is -0.493 e. The van der Waals surface area contributed by atoms with E-state index in [9.17, 15) is 0 Å². The summed E-state index contributed by atoms with van der Waals surface area (Å²) in [6.07, 6.45) is 0.748. The van der Waals surface area contributed by atoms with Gasteiger partial charge >= 0.3 is 21.1 Å². The van der Waals surface area contributed by atoms with E-state index in [1.54, 1.807) is 0 Å². The summed E-state index contributed by atoms with van der Waals surface area (Å²) in [5.41, 5.74) is 17.3. The van der Waals surface area contributed by atoms with E-state index in [4.69, 9.17) is 0 Å². The Labute approximate surface area is 338 Å². The van der Waals surface area contributed by atoms with Gasteiger partial charge in [-0.15, -0.1) is 23.5 Å². The van der Waals surface area contributed by atoms with E-state index >= 15 is 0 Å². The molecule has 0 amide bonds. The van der Waals surface area contributed by atoms with Crippen LogP contribution < -0.4 is 9.80 Å². The molecule has 274 valence electrons. The summed E-state index contributed by atoms with van der Waals surface area (Å²) in [7, 11) is 0. The molecule has 6 aromatic carbocycles. The zero-order valence-corrected chi connectivity index (χ0v) is 35.3. The zero-order chi connectivity index (χ0) is 37.3. The van der Waals surface area contributed by atoms with E-state index in [2.05, 4.69) is 212 Å². The topological polar surface area (TPSA) is 6.48 Å². The van der Waals surface area contributed by atoms with Crippen molar-refractivity contribution < 1.29 is 21.1 Å². The van der Waals surface area contributed by atoms with Crippen LogP contribution in [0.15, 0.2) is 115 Å². The Morgan fingerprint density at radius 1 is 0.574 bits per heavy atom. The molecule has 1 unspecified atom stereocenters. The molecule has 2 aliphatic rings. The summed E-state index contributed by atoms with van der Waals surface area (Å²) in [6.45, 7) is 22.9. The standard InChI is InChI=1S/C51H50N2.Pt/c1-49(2,3)37-18-15-17-36(29-37)48-44-21-11-10-20-42(44)43-25-24-35(28-45(43)48)26-34-16-14-19-40(27-34)52-33-53(47-23-13-12-22-46(47)52)41-31-38(50(4,5)6)30-39(32-41)51(7,8)9;/h10-16,18-25,29-33,48H,26H2,1-9H3;/q-4;+4. The Balaban J connectivity index is 0.00000450. The first-order valence-corrected chi connectivity index (χ1v) is 19.0. The van der Waals surface area contributed by atoms with Gasteiger partial charge in [0.15, 0.2) is 0 Å². The largest absolute Gasteiger partial charge is 4.00 e. The minimum atomic E-state index is 0. The van der Waals surface area contributed by atoms with Crippen LogP contribution >= 0.6 is 0 Å². The summed E-state index contributed by atoms with van der Waals surface area (Å²) in [5.74, 6) is 0.107. The van der Waals surface area contributed by atoms with Crippen LogP contribution in [-0.4, -0.2) is 0 Å². The molecule has 1 aliphatic heterocycles. The second kappa shape index (κ2) is 14.0. The third-order valence-corrected chi connectivity index (χ3v) is 10.9. The summed E-state index contributed by atoms with van der Waals surface area (Å²) in [6, 6.07) is 53.7. The van der Waals surface area contributed by atoms with Crippen molar-refractivity contribution >= 4 is 22.7 Å². The third-order valence-electron chi connectivity index (χ3n) is 10.9. The fraction of sp³-hybridized carbons (Fsp3) is 0.275. The average Bonchev–Trinajstić information content (AvgIpc) is 3.67. The predicted octanol–water partition coefficient (Wildman–Crippen LogP) is 13.1. The van der Waals surface area contributed by atoms with Gasteiger partial charge in [-0.3, -0.25) is 0 Å². The van der Waals surface area contributed by atoms with Crippen LogP contribution in [-0.2, 0) is 43.7 Å². The second-order valence-electron chi connectivity index (χ2n) is 18.0. The summed E-state index contributed by atoms with van der Waals surface area (Å²) in [4.78, 5) is 4.63.